The third kappa shape index (κ3) is 3.81. The van der Waals surface area contributed by atoms with Gasteiger partial charge in [0.05, 0.1) is 23.2 Å². The number of pyridine rings is 1. The lowest BCUT2D eigenvalue weighted by Crippen LogP contribution is -2.22. The number of alkyl halides is 1. The Morgan fingerprint density at radius 2 is 2.11 bits per heavy atom. The van der Waals surface area contributed by atoms with E-state index in [1.54, 1.807) is 13.0 Å². The molecule has 1 heterocycles. The van der Waals surface area contributed by atoms with Gasteiger partial charge < -0.3 is 0 Å². The van der Waals surface area contributed by atoms with Crippen molar-refractivity contribution in [3.05, 3.63) is 36.5 Å². The molecule has 0 aliphatic heterocycles. The van der Waals surface area contributed by atoms with E-state index in [4.69, 9.17) is 11.6 Å². The zero-order valence-corrected chi connectivity index (χ0v) is 12.1. The summed E-state index contributed by atoms with van der Waals surface area (Å²) in [7, 11) is -3.39. The number of nitrogens with zero attached hydrogens (tertiary/aromatic N) is 1. The number of rotatable bonds is 5. The molecule has 0 saturated heterocycles. The van der Waals surface area contributed by atoms with Crippen LogP contribution in [0.25, 0.3) is 10.9 Å². The van der Waals surface area contributed by atoms with E-state index in [0.717, 1.165) is 10.9 Å². The Labute approximate surface area is 117 Å². The van der Waals surface area contributed by atoms with Gasteiger partial charge in [-0.05, 0) is 18.1 Å². The first kappa shape index (κ1) is 14.1. The number of anilines is 1. The second-order valence-corrected chi connectivity index (χ2v) is 6.64. The quantitative estimate of drug-likeness (QED) is 0.864. The van der Waals surface area contributed by atoms with Crippen LogP contribution in [-0.2, 0) is 10.0 Å². The van der Waals surface area contributed by atoms with Gasteiger partial charge in [-0.15, -0.1) is 11.6 Å². The Morgan fingerprint density at radius 1 is 1.37 bits per heavy atom. The molecule has 1 N–H and O–H groups in total. The Morgan fingerprint density at radius 3 is 2.84 bits per heavy atom. The molecule has 0 spiro atoms. The largest absolute Gasteiger partial charge is 0.282 e. The van der Waals surface area contributed by atoms with Gasteiger partial charge in [-0.2, -0.15) is 0 Å². The van der Waals surface area contributed by atoms with E-state index in [1.165, 1.54) is 6.20 Å². The molecule has 6 heteroatoms. The monoisotopic (exact) mass is 298 g/mol. The number of halogens is 1. The van der Waals surface area contributed by atoms with Crippen molar-refractivity contribution >= 4 is 38.2 Å². The van der Waals surface area contributed by atoms with E-state index in [0.29, 0.717) is 11.6 Å². The van der Waals surface area contributed by atoms with Crippen LogP contribution < -0.4 is 4.72 Å². The predicted octanol–water partition coefficient (Wildman–Crippen LogP) is 2.85. The van der Waals surface area contributed by atoms with Crippen LogP contribution in [0.2, 0.25) is 0 Å². The normalized spacial score (nSPS) is 13.4. The summed E-state index contributed by atoms with van der Waals surface area (Å²) >= 11 is 5.63. The minimum atomic E-state index is -3.39. The summed E-state index contributed by atoms with van der Waals surface area (Å²) in [5.74, 6) is 0.229. The van der Waals surface area contributed by atoms with Crippen molar-refractivity contribution in [2.24, 2.45) is 5.92 Å². The number of hydrogen-bond acceptors (Lipinski definition) is 3. The zero-order valence-electron chi connectivity index (χ0n) is 10.5. The fraction of sp³-hybridized carbons (Fsp3) is 0.308. The number of aromatic nitrogens is 1. The molecule has 0 amide bonds. The standard InChI is InChI=1S/C13H15ClN2O2S/c1-10(7-14)9-19(17,18)16-12-6-11-4-2-3-5-13(11)15-8-12/h2-6,8,10,16H,7,9H2,1H3. The molecule has 0 bridgehead atoms. The van der Waals surface area contributed by atoms with Crippen LogP contribution in [0.4, 0.5) is 5.69 Å². The van der Waals surface area contributed by atoms with Crippen molar-refractivity contribution in [2.45, 2.75) is 6.92 Å². The first-order valence-electron chi connectivity index (χ1n) is 5.91. The van der Waals surface area contributed by atoms with Crippen LogP contribution in [0.15, 0.2) is 36.5 Å². The maximum Gasteiger partial charge on any atom is 0.233 e. The van der Waals surface area contributed by atoms with Crippen molar-refractivity contribution < 1.29 is 8.42 Å². The summed E-state index contributed by atoms with van der Waals surface area (Å²) in [5.41, 5.74) is 1.31. The molecule has 0 fully saturated rings. The summed E-state index contributed by atoms with van der Waals surface area (Å²) < 4.78 is 26.3. The van der Waals surface area contributed by atoms with Crippen LogP contribution in [0.5, 0.6) is 0 Å². The highest BCUT2D eigenvalue weighted by atomic mass is 35.5. The van der Waals surface area contributed by atoms with Gasteiger partial charge in [0.25, 0.3) is 0 Å². The molecule has 0 aliphatic carbocycles. The molecule has 1 aromatic heterocycles. The highest BCUT2D eigenvalue weighted by Gasteiger charge is 2.15. The Bertz CT molecular complexity index is 673. The number of sulfonamides is 1. The lowest BCUT2D eigenvalue weighted by molar-refractivity contribution is 0.588. The molecule has 1 unspecified atom stereocenters. The van der Waals surface area contributed by atoms with E-state index in [9.17, 15) is 8.42 Å². The molecular formula is C13H15ClN2O2S. The van der Waals surface area contributed by atoms with Crippen molar-refractivity contribution in [1.82, 2.24) is 4.98 Å². The average molecular weight is 299 g/mol. The molecule has 0 aliphatic rings. The third-order valence-electron chi connectivity index (χ3n) is 2.63. The second kappa shape index (κ2) is 5.75. The molecule has 1 atom stereocenters. The van der Waals surface area contributed by atoms with E-state index in [1.807, 2.05) is 24.3 Å². The van der Waals surface area contributed by atoms with Crippen LogP contribution in [0.3, 0.4) is 0 Å². The van der Waals surface area contributed by atoms with Gasteiger partial charge in [0.2, 0.25) is 10.0 Å². The van der Waals surface area contributed by atoms with E-state index in [2.05, 4.69) is 9.71 Å². The van der Waals surface area contributed by atoms with E-state index in [-0.39, 0.29) is 11.7 Å². The zero-order chi connectivity index (χ0) is 13.9. The molecule has 19 heavy (non-hydrogen) atoms. The number of hydrogen-bond donors (Lipinski definition) is 1. The number of nitrogens with one attached hydrogen (secondary N) is 1. The summed E-state index contributed by atoms with van der Waals surface area (Å²) in [6, 6.07) is 9.31. The highest BCUT2D eigenvalue weighted by molar-refractivity contribution is 7.92. The van der Waals surface area contributed by atoms with Crippen LogP contribution in [-0.4, -0.2) is 25.0 Å². The first-order chi connectivity index (χ1) is 9.00. The molecule has 4 nitrogen and oxygen atoms in total. The Kier molecular flexibility index (Phi) is 4.27. The van der Waals surface area contributed by atoms with Crippen LogP contribution >= 0.6 is 11.6 Å². The van der Waals surface area contributed by atoms with Gasteiger partial charge in [0.15, 0.2) is 0 Å². The molecule has 102 valence electrons. The highest BCUT2D eigenvalue weighted by Crippen LogP contribution is 2.17. The number of para-hydroxylation sites is 1. The van der Waals surface area contributed by atoms with E-state index >= 15 is 0 Å². The van der Waals surface area contributed by atoms with Crippen LogP contribution in [0, 0.1) is 5.92 Å². The molecule has 2 rings (SSSR count). The van der Waals surface area contributed by atoms with Crippen molar-refractivity contribution in [3.8, 4) is 0 Å². The number of benzene rings is 1. The molecule has 2 aromatic rings. The van der Waals surface area contributed by atoms with Gasteiger partial charge >= 0.3 is 0 Å². The second-order valence-electron chi connectivity index (χ2n) is 4.56. The smallest absolute Gasteiger partial charge is 0.233 e. The fourth-order valence-electron chi connectivity index (χ4n) is 1.77. The van der Waals surface area contributed by atoms with Crippen molar-refractivity contribution in [1.29, 1.82) is 0 Å². The summed E-state index contributed by atoms with van der Waals surface area (Å²) in [5, 5.41) is 0.896. The Hall–Kier alpha value is -1.33. The van der Waals surface area contributed by atoms with Crippen LogP contribution in [0.1, 0.15) is 6.92 Å². The van der Waals surface area contributed by atoms with Gasteiger partial charge in [0.1, 0.15) is 0 Å². The maximum absolute atomic E-state index is 11.9. The molecule has 0 saturated carbocycles. The SMILES string of the molecule is CC(CCl)CS(=O)(=O)Nc1cnc2ccccc2c1. The lowest BCUT2D eigenvalue weighted by atomic mass is 10.2. The summed E-state index contributed by atoms with van der Waals surface area (Å²) in [6.45, 7) is 1.80. The number of fused-ring (bicyclic) bond motifs is 1. The minimum Gasteiger partial charge on any atom is -0.282 e. The Balaban J connectivity index is 2.21. The topological polar surface area (TPSA) is 59.1 Å². The van der Waals surface area contributed by atoms with Crippen molar-refractivity contribution in [3.63, 3.8) is 0 Å². The van der Waals surface area contributed by atoms with Gasteiger partial charge in [0, 0.05) is 11.3 Å². The lowest BCUT2D eigenvalue weighted by Gasteiger charge is -2.11. The molecular weight excluding hydrogens is 284 g/mol. The summed E-state index contributed by atoms with van der Waals surface area (Å²) in [4.78, 5) is 4.21. The predicted molar refractivity (Wildman–Crippen MR) is 79.0 cm³/mol. The van der Waals surface area contributed by atoms with Gasteiger partial charge in [-0.25, -0.2) is 8.42 Å². The fourth-order valence-corrected chi connectivity index (χ4v) is 3.43. The maximum atomic E-state index is 11.9. The molecule has 1 aromatic carbocycles. The third-order valence-corrected chi connectivity index (χ3v) is 4.71. The van der Waals surface area contributed by atoms with Gasteiger partial charge in [-0.3, -0.25) is 9.71 Å². The molecule has 0 radical (unpaired) electrons. The summed E-state index contributed by atoms with van der Waals surface area (Å²) in [6.07, 6.45) is 1.52. The first-order valence-corrected chi connectivity index (χ1v) is 8.10. The van der Waals surface area contributed by atoms with Crippen molar-refractivity contribution in [2.75, 3.05) is 16.4 Å². The average Bonchev–Trinajstić information content (AvgIpc) is 2.37. The minimum absolute atomic E-state index is 0.00330. The van der Waals surface area contributed by atoms with E-state index < -0.39 is 10.0 Å². The van der Waals surface area contributed by atoms with Gasteiger partial charge in [-0.1, -0.05) is 25.1 Å².